The van der Waals surface area contributed by atoms with Crippen molar-refractivity contribution >= 4 is 10.8 Å². The monoisotopic (exact) mass is 497 g/mol. The molecule has 6 rings (SSSR count). The quantitative estimate of drug-likeness (QED) is 0.274. The molecule has 2 unspecified atom stereocenters. The molecule has 1 heteroatoms. The van der Waals surface area contributed by atoms with Crippen molar-refractivity contribution in [3.05, 3.63) is 124 Å². The second kappa shape index (κ2) is 8.80. The first-order valence-electron chi connectivity index (χ1n) is 14.0. The number of fused-ring (bicyclic) bond motifs is 4. The zero-order chi connectivity index (χ0) is 26.8. The summed E-state index contributed by atoms with van der Waals surface area (Å²) in [4.78, 5) is 4.60. The average Bonchev–Trinajstić information content (AvgIpc) is 3.42. The summed E-state index contributed by atoms with van der Waals surface area (Å²) in [5, 5.41) is 2.66. The fourth-order valence-corrected chi connectivity index (χ4v) is 6.59. The number of rotatable bonds is 3. The Morgan fingerprint density at radius 2 is 1.53 bits per heavy atom. The average molecular weight is 498 g/mol. The van der Waals surface area contributed by atoms with Gasteiger partial charge in [0.05, 0.1) is 0 Å². The van der Waals surface area contributed by atoms with Gasteiger partial charge < -0.3 is 0 Å². The highest BCUT2D eigenvalue weighted by atomic mass is 14.6. The van der Waals surface area contributed by atoms with Crippen LogP contribution >= 0.6 is 0 Å². The molecule has 3 aromatic carbocycles. The molecule has 2 aliphatic carbocycles. The van der Waals surface area contributed by atoms with Crippen LogP contribution in [0.2, 0.25) is 0 Å². The zero-order valence-electron chi connectivity index (χ0n) is 23.9. The smallest absolute Gasteiger partial charge is 0.0349 e. The Bertz CT molecular complexity index is 1610. The number of hydrogen-bond donors (Lipinski definition) is 0. The van der Waals surface area contributed by atoms with Crippen LogP contribution in [0.4, 0.5) is 0 Å². The summed E-state index contributed by atoms with van der Waals surface area (Å²) in [7, 11) is 0. The molecule has 38 heavy (non-hydrogen) atoms. The van der Waals surface area contributed by atoms with Crippen molar-refractivity contribution in [1.82, 2.24) is 4.98 Å². The van der Waals surface area contributed by atoms with Crippen LogP contribution in [0.5, 0.6) is 0 Å². The summed E-state index contributed by atoms with van der Waals surface area (Å²) in [6, 6.07) is 25.2. The van der Waals surface area contributed by atoms with Gasteiger partial charge in [0.2, 0.25) is 0 Å². The van der Waals surface area contributed by atoms with E-state index < -0.39 is 0 Å². The number of nitrogens with zero attached hydrogens (tertiary/aromatic N) is 1. The predicted molar refractivity (Wildman–Crippen MR) is 162 cm³/mol. The molecule has 4 aromatic rings. The van der Waals surface area contributed by atoms with E-state index in [2.05, 4.69) is 132 Å². The van der Waals surface area contributed by atoms with Crippen LogP contribution in [-0.2, 0) is 5.41 Å². The Balaban J connectivity index is 1.65. The van der Waals surface area contributed by atoms with Crippen LogP contribution in [-0.4, -0.2) is 4.98 Å². The molecular formula is C37H39N. The molecule has 0 N–H and O–H groups in total. The largest absolute Gasteiger partial charge is 0.264 e. The normalized spacial score (nSPS) is 18.0. The lowest BCUT2D eigenvalue weighted by molar-refractivity contribution is 0.494. The van der Waals surface area contributed by atoms with Crippen molar-refractivity contribution in [2.45, 2.75) is 72.1 Å². The fourth-order valence-electron chi connectivity index (χ4n) is 6.59. The summed E-state index contributed by atoms with van der Waals surface area (Å²) in [6.07, 6.45) is 7.68. The van der Waals surface area contributed by atoms with Gasteiger partial charge in [-0.15, -0.1) is 0 Å². The summed E-state index contributed by atoms with van der Waals surface area (Å²) in [6.45, 7) is 16.3. The topological polar surface area (TPSA) is 12.9 Å². The Labute approximate surface area is 228 Å². The van der Waals surface area contributed by atoms with Gasteiger partial charge in [0.15, 0.2) is 0 Å². The van der Waals surface area contributed by atoms with E-state index >= 15 is 0 Å². The first-order valence-corrected chi connectivity index (χ1v) is 14.0. The van der Waals surface area contributed by atoms with E-state index in [0.29, 0.717) is 0 Å². The minimum Gasteiger partial charge on any atom is -0.264 e. The molecule has 2 atom stereocenters. The van der Waals surface area contributed by atoms with Crippen molar-refractivity contribution in [3.8, 4) is 11.1 Å². The van der Waals surface area contributed by atoms with E-state index in [9.17, 15) is 0 Å². The van der Waals surface area contributed by atoms with Gasteiger partial charge in [0.1, 0.15) is 0 Å². The summed E-state index contributed by atoms with van der Waals surface area (Å²) in [5.74, 6) is 0.465. The van der Waals surface area contributed by atoms with Crippen LogP contribution in [0, 0.1) is 5.41 Å². The lowest BCUT2D eigenvalue weighted by atomic mass is 9.73. The number of aromatic nitrogens is 1. The van der Waals surface area contributed by atoms with Crippen molar-refractivity contribution < 1.29 is 0 Å². The summed E-state index contributed by atoms with van der Waals surface area (Å²) in [5.41, 5.74) is 13.1. The maximum absolute atomic E-state index is 4.60. The highest BCUT2D eigenvalue weighted by molar-refractivity contribution is 5.88. The van der Waals surface area contributed by atoms with E-state index in [4.69, 9.17) is 0 Å². The van der Waals surface area contributed by atoms with Crippen molar-refractivity contribution in [1.29, 1.82) is 0 Å². The maximum Gasteiger partial charge on any atom is 0.0349 e. The molecule has 0 radical (unpaired) electrons. The van der Waals surface area contributed by atoms with Gasteiger partial charge >= 0.3 is 0 Å². The van der Waals surface area contributed by atoms with Crippen LogP contribution in [0.25, 0.3) is 21.9 Å². The van der Waals surface area contributed by atoms with Crippen LogP contribution < -0.4 is 0 Å². The highest BCUT2D eigenvalue weighted by Crippen LogP contribution is 2.56. The van der Waals surface area contributed by atoms with E-state index in [0.717, 1.165) is 6.42 Å². The second-order valence-corrected chi connectivity index (χ2v) is 13.4. The van der Waals surface area contributed by atoms with E-state index in [1.165, 1.54) is 60.9 Å². The molecule has 0 saturated carbocycles. The lowest BCUT2D eigenvalue weighted by Crippen LogP contribution is -2.15. The zero-order valence-corrected chi connectivity index (χ0v) is 23.9. The summed E-state index contributed by atoms with van der Waals surface area (Å²) >= 11 is 0. The van der Waals surface area contributed by atoms with Crippen LogP contribution in [0.15, 0.2) is 102 Å². The molecule has 2 aliphatic rings. The molecule has 0 saturated heterocycles. The number of benzene rings is 3. The van der Waals surface area contributed by atoms with Crippen LogP contribution in [0.3, 0.4) is 0 Å². The Morgan fingerprint density at radius 1 is 0.789 bits per heavy atom. The second-order valence-electron chi connectivity index (χ2n) is 13.4. The molecule has 0 amide bonds. The van der Waals surface area contributed by atoms with E-state index in [1.807, 2.05) is 6.20 Å². The van der Waals surface area contributed by atoms with Gasteiger partial charge in [-0.25, -0.2) is 0 Å². The third-order valence-corrected chi connectivity index (χ3v) is 8.80. The SMILES string of the molecule is CC1=C(C(c2cccc3ccccc23)C2c3ccncc3-c3cc(C(C)(C)C)ccc32)C=C(C(C)(C)C)C1. The number of allylic oxidation sites excluding steroid dienone is 4. The third-order valence-electron chi connectivity index (χ3n) is 8.80. The molecule has 0 aliphatic heterocycles. The van der Waals surface area contributed by atoms with Gasteiger partial charge in [0.25, 0.3) is 0 Å². The van der Waals surface area contributed by atoms with Gasteiger partial charge in [-0.2, -0.15) is 0 Å². The fraction of sp³-hybridized carbons (Fsp3) is 0.324. The predicted octanol–water partition coefficient (Wildman–Crippen LogP) is 10.1. The first kappa shape index (κ1) is 24.9. The molecular weight excluding hydrogens is 458 g/mol. The van der Waals surface area contributed by atoms with Crippen molar-refractivity contribution in [3.63, 3.8) is 0 Å². The molecule has 1 heterocycles. The number of pyridine rings is 1. The minimum atomic E-state index is 0.0967. The maximum atomic E-state index is 4.60. The number of hydrogen-bond acceptors (Lipinski definition) is 1. The lowest BCUT2D eigenvalue weighted by Gasteiger charge is -2.29. The summed E-state index contributed by atoms with van der Waals surface area (Å²) < 4.78 is 0. The Kier molecular flexibility index (Phi) is 5.76. The Morgan fingerprint density at radius 3 is 2.26 bits per heavy atom. The van der Waals surface area contributed by atoms with Gasteiger partial charge in [-0.1, -0.05) is 119 Å². The molecule has 0 fully saturated rings. The third kappa shape index (κ3) is 4.04. The van der Waals surface area contributed by atoms with Gasteiger partial charge in [0, 0.05) is 29.8 Å². The van der Waals surface area contributed by atoms with E-state index in [1.54, 1.807) is 0 Å². The van der Waals surface area contributed by atoms with Gasteiger partial charge in [-0.05, 0) is 74.4 Å². The molecule has 192 valence electrons. The Hall–Kier alpha value is -3.45. The standard InChI is InChI=1S/C37H39N/c1-23-19-26(37(5,6)7)21-31(23)35(28-14-10-12-24-11-8-9-13-27(24)28)34-29-16-15-25(36(2,3)4)20-32(29)33-22-38-18-17-30(33)34/h8-18,20-22,34-35H,19H2,1-7H3. The van der Waals surface area contributed by atoms with Crippen LogP contribution in [0.1, 0.15) is 89.0 Å². The highest BCUT2D eigenvalue weighted by Gasteiger charge is 2.40. The molecule has 0 bridgehead atoms. The molecule has 1 aromatic heterocycles. The first-order chi connectivity index (χ1) is 18.0. The van der Waals surface area contributed by atoms with Crippen molar-refractivity contribution in [2.24, 2.45) is 5.41 Å². The van der Waals surface area contributed by atoms with Crippen molar-refractivity contribution in [2.75, 3.05) is 0 Å². The van der Waals surface area contributed by atoms with E-state index in [-0.39, 0.29) is 22.7 Å². The minimum absolute atomic E-state index is 0.0967. The molecule has 1 nitrogen and oxygen atoms in total. The molecule has 0 spiro atoms. The van der Waals surface area contributed by atoms with Gasteiger partial charge in [-0.3, -0.25) is 4.98 Å².